The Labute approximate surface area is 127 Å². The van der Waals surface area contributed by atoms with Crippen molar-refractivity contribution in [2.24, 2.45) is 0 Å². The highest BCUT2D eigenvalue weighted by Gasteiger charge is 2.11. The Bertz CT molecular complexity index is 800. The number of nitrogens with zero attached hydrogens (tertiary/aromatic N) is 3. The molecule has 0 unspecified atom stereocenters. The van der Waals surface area contributed by atoms with E-state index in [-0.39, 0.29) is 0 Å². The fraction of sp³-hybridized carbons (Fsp3) is 0.250. The van der Waals surface area contributed by atoms with Crippen molar-refractivity contribution >= 4 is 5.65 Å². The van der Waals surface area contributed by atoms with Crippen LogP contribution in [0.5, 0.6) is 11.6 Å². The molecule has 0 fully saturated rings. The van der Waals surface area contributed by atoms with Crippen LogP contribution in [0.2, 0.25) is 0 Å². The second-order valence-electron chi connectivity index (χ2n) is 5.07. The predicted octanol–water partition coefficient (Wildman–Crippen LogP) is 1.76. The minimum Gasteiger partial charge on any atom is -0.492 e. The quantitative estimate of drug-likeness (QED) is 0.685. The predicted molar refractivity (Wildman–Crippen MR) is 82.3 cm³/mol. The number of aromatic nitrogens is 3. The van der Waals surface area contributed by atoms with Gasteiger partial charge in [-0.3, -0.25) is 0 Å². The van der Waals surface area contributed by atoms with Crippen LogP contribution in [0.1, 0.15) is 0 Å². The van der Waals surface area contributed by atoms with E-state index in [0.717, 1.165) is 35.6 Å². The molecule has 1 aliphatic rings. The summed E-state index contributed by atoms with van der Waals surface area (Å²) in [5.74, 6) is 1.46. The molecule has 2 aromatic heterocycles. The second-order valence-corrected chi connectivity index (χ2v) is 5.07. The molecule has 1 N–H and O–H groups in total. The molecule has 0 spiro atoms. The lowest BCUT2D eigenvalue weighted by Crippen LogP contribution is -2.26. The summed E-state index contributed by atoms with van der Waals surface area (Å²) in [5, 5.41) is 7.62. The minimum atomic E-state index is 0.567. The van der Waals surface area contributed by atoms with Gasteiger partial charge in [0.25, 0.3) is 0 Å². The average Bonchev–Trinajstić information content (AvgIpc) is 2.97. The van der Waals surface area contributed by atoms with Gasteiger partial charge < -0.3 is 14.8 Å². The molecular formula is C16H16N4O2. The first-order valence-corrected chi connectivity index (χ1v) is 7.31. The first-order chi connectivity index (χ1) is 10.9. The summed E-state index contributed by atoms with van der Waals surface area (Å²) in [7, 11) is 0. The maximum atomic E-state index is 5.77. The molecule has 4 rings (SSSR count). The van der Waals surface area contributed by atoms with E-state index in [1.807, 2.05) is 42.7 Å². The monoisotopic (exact) mass is 296 g/mol. The number of ether oxygens (including phenoxy) is 2. The van der Waals surface area contributed by atoms with Crippen molar-refractivity contribution in [3.8, 4) is 22.8 Å². The minimum absolute atomic E-state index is 0.567. The van der Waals surface area contributed by atoms with Gasteiger partial charge in [-0.1, -0.05) is 12.1 Å². The van der Waals surface area contributed by atoms with Gasteiger partial charge in [0.15, 0.2) is 5.65 Å². The lowest BCUT2D eigenvalue weighted by Gasteiger charge is -2.11. The molecule has 1 aromatic carbocycles. The van der Waals surface area contributed by atoms with Gasteiger partial charge in [0, 0.05) is 30.9 Å². The Hall–Kier alpha value is -2.60. The highest BCUT2D eigenvalue weighted by atomic mass is 16.5. The second kappa shape index (κ2) is 5.65. The fourth-order valence-electron chi connectivity index (χ4n) is 2.48. The summed E-state index contributed by atoms with van der Waals surface area (Å²) in [6.07, 6.45) is 3.68. The zero-order valence-corrected chi connectivity index (χ0v) is 12.0. The van der Waals surface area contributed by atoms with Gasteiger partial charge in [-0.2, -0.15) is 10.1 Å². The maximum Gasteiger partial charge on any atom is 0.216 e. The standard InChI is InChI=1S/C16H16N4O2/c1-2-12-10-13(3-1)21-8-5-17-6-9-22-15-4-7-20-16(19-15)14(12)11-18-20/h1-4,7,10-11,17H,5-6,8-9H2. The molecule has 0 saturated carbocycles. The summed E-state index contributed by atoms with van der Waals surface area (Å²) in [6.45, 7) is 2.72. The van der Waals surface area contributed by atoms with Gasteiger partial charge in [0.2, 0.25) is 5.88 Å². The van der Waals surface area contributed by atoms with E-state index in [0.29, 0.717) is 19.1 Å². The van der Waals surface area contributed by atoms with E-state index in [2.05, 4.69) is 15.4 Å². The van der Waals surface area contributed by atoms with Crippen molar-refractivity contribution in [1.82, 2.24) is 19.9 Å². The van der Waals surface area contributed by atoms with Gasteiger partial charge >= 0.3 is 0 Å². The molecule has 1 aliphatic heterocycles. The summed E-state index contributed by atoms with van der Waals surface area (Å²) in [4.78, 5) is 4.57. The van der Waals surface area contributed by atoms with Crippen molar-refractivity contribution in [1.29, 1.82) is 0 Å². The third-order valence-corrected chi connectivity index (χ3v) is 3.56. The summed E-state index contributed by atoms with van der Waals surface area (Å²) in [5.41, 5.74) is 2.77. The number of nitrogens with one attached hydrogen (secondary N) is 1. The molecule has 0 amide bonds. The molecule has 0 aliphatic carbocycles. The van der Waals surface area contributed by atoms with Crippen molar-refractivity contribution in [3.05, 3.63) is 42.7 Å². The van der Waals surface area contributed by atoms with Crippen molar-refractivity contribution < 1.29 is 9.47 Å². The average molecular weight is 296 g/mol. The lowest BCUT2D eigenvalue weighted by atomic mass is 10.1. The summed E-state index contributed by atoms with van der Waals surface area (Å²) < 4.78 is 13.2. The first kappa shape index (κ1) is 13.1. The van der Waals surface area contributed by atoms with E-state index in [1.54, 1.807) is 4.52 Å². The van der Waals surface area contributed by atoms with Crippen LogP contribution in [-0.4, -0.2) is 40.9 Å². The van der Waals surface area contributed by atoms with E-state index in [1.165, 1.54) is 0 Å². The Morgan fingerprint density at radius 3 is 2.95 bits per heavy atom. The molecule has 0 saturated heterocycles. The Morgan fingerprint density at radius 1 is 1.09 bits per heavy atom. The molecule has 0 radical (unpaired) electrons. The third-order valence-electron chi connectivity index (χ3n) is 3.56. The van der Waals surface area contributed by atoms with Gasteiger partial charge in [-0.15, -0.1) is 0 Å². The van der Waals surface area contributed by atoms with E-state index in [4.69, 9.17) is 9.47 Å². The largest absolute Gasteiger partial charge is 0.492 e. The lowest BCUT2D eigenvalue weighted by molar-refractivity contribution is 0.283. The van der Waals surface area contributed by atoms with Gasteiger partial charge in [0.1, 0.15) is 19.0 Å². The topological polar surface area (TPSA) is 60.7 Å². The van der Waals surface area contributed by atoms with E-state index in [9.17, 15) is 0 Å². The van der Waals surface area contributed by atoms with Crippen molar-refractivity contribution in [3.63, 3.8) is 0 Å². The highest BCUT2D eigenvalue weighted by Crippen LogP contribution is 2.27. The molecule has 0 atom stereocenters. The Kier molecular flexibility index (Phi) is 3.36. The van der Waals surface area contributed by atoms with E-state index >= 15 is 0 Å². The molecule has 3 aromatic rings. The Morgan fingerprint density at radius 2 is 2.00 bits per heavy atom. The van der Waals surface area contributed by atoms with E-state index < -0.39 is 0 Å². The third kappa shape index (κ3) is 2.48. The number of rotatable bonds is 0. The van der Waals surface area contributed by atoms with Gasteiger partial charge in [-0.25, -0.2) is 4.52 Å². The maximum absolute atomic E-state index is 5.77. The number of hydrogen-bond acceptors (Lipinski definition) is 5. The van der Waals surface area contributed by atoms with Crippen LogP contribution in [0.25, 0.3) is 16.8 Å². The smallest absolute Gasteiger partial charge is 0.216 e. The van der Waals surface area contributed by atoms with Crippen LogP contribution >= 0.6 is 0 Å². The molecule has 6 nitrogen and oxygen atoms in total. The number of fused-ring (bicyclic) bond motifs is 4. The normalized spacial score (nSPS) is 15.1. The summed E-state index contributed by atoms with van der Waals surface area (Å²) >= 11 is 0. The number of hydrogen-bond donors (Lipinski definition) is 1. The SMILES string of the molecule is c1cc2cc(c1)-c1cnn3ccc(nc13)OCCNCCO2. The molecule has 6 heteroatoms. The van der Waals surface area contributed by atoms with Gasteiger partial charge in [0.05, 0.1) is 6.20 Å². The van der Waals surface area contributed by atoms with Crippen LogP contribution in [0.4, 0.5) is 0 Å². The van der Waals surface area contributed by atoms with Crippen LogP contribution in [-0.2, 0) is 0 Å². The first-order valence-electron chi connectivity index (χ1n) is 7.31. The molecule has 112 valence electrons. The van der Waals surface area contributed by atoms with Crippen LogP contribution < -0.4 is 14.8 Å². The molecule has 22 heavy (non-hydrogen) atoms. The van der Waals surface area contributed by atoms with Crippen LogP contribution in [0, 0.1) is 0 Å². The zero-order chi connectivity index (χ0) is 14.8. The summed E-state index contributed by atoms with van der Waals surface area (Å²) in [6, 6.07) is 9.81. The molecular weight excluding hydrogens is 280 g/mol. The van der Waals surface area contributed by atoms with Crippen LogP contribution in [0.3, 0.4) is 0 Å². The van der Waals surface area contributed by atoms with Crippen molar-refractivity contribution in [2.75, 3.05) is 26.3 Å². The Balaban J connectivity index is 1.83. The van der Waals surface area contributed by atoms with Crippen LogP contribution in [0.15, 0.2) is 42.7 Å². The van der Waals surface area contributed by atoms with Gasteiger partial charge in [-0.05, 0) is 17.7 Å². The fourth-order valence-corrected chi connectivity index (χ4v) is 2.48. The number of benzene rings is 1. The van der Waals surface area contributed by atoms with Crippen molar-refractivity contribution in [2.45, 2.75) is 0 Å². The molecule has 3 heterocycles. The zero-order valence-electron chi connectivity index (χ0n) is 12.0. The molecule has 4 bridgehead atoms. The highest BCUT2D eigenvalue weighted by molar-refractivity contribution is 5.77.